The highest BCUT2D eigenvalue weighted by molar-refractivity contribution is 7.80. The number of benzene rings is 2. The van der Waals surface area contributed by atoms with Crippen molar-refractivity contribution in [1.82, 2.24) is 14.9 Å². The number of anilines is 2. The molecule has 0 radical (unpaired) electrons. The van der Waals surface area contributed by atoms with Crippen molar-refractivity contribution >= 4 is 40.6 Å². The molecule has 4 aromatic rings. The SMILES string of the molecule is COc1cc(N2C(=S)N[C@H](c3ccccn3)[C@H]2c2cc(C)n(-c3cccc(C(=O)O)c3)c2C)ccc1NC(=O)C(C)(C)C. The third-order valence-corrected chi connectivity index (χ3v) is 7.95. The highest BCUT2D eigenvalue weighted by Crippen LogP contribution is 2.45. The van der Waals surface area contributed by atoms with Crippen molar-refractivity contribution in [3.8, 4) is 11.4 Å². The molecule has 2 aromatic heterocycles. The third-order valence-electron chi connectivity index (χ3n) is 7.63. The van der Waals surface area contributed by atoms with E-state index in [9.17, 15) is 14.7 Å². The number of aryl methyl sites for hydroxylation is 1. The minimum absolute atomic E-state index is 0.121. The van der Waals surface area contributed by atoms with E-state index in [1.54, 1.807) is 31.5 Å². The summed E-state index contributed by atoms with van der Waals surface area (Å²) >= 11 is 5.93. The van der Waals surface area contributed by atoms with E-state index in [-0.39, 0.29) is 23.6 Å². The summed E-state index contributed by atoms with van der Waals surface area (Å²) in [7, 11) is 1.57. The van der Waals surface area contributed by atoms with Crippen LogP contribution in [0.4, 0.5) is 11.4 Å². The summed E-state index contributed by atoms with van der Waals surface area (Å²) in [6.45, 7) is 9.59. The predicted octanol–water partition coefficient (Wildman–Crippen LogP) is 6.36. The molecule has 10 heteroatoms. The number of carboxylic acid groups (broad SMARTS) is 1. The van der Waals surface area contributed by atoms with Gasteiger partial charge in [-0.3, -0.25) is 9.78 Å². The maximum atomic E-state index is 12.7. The van der Waals surface area contributed by atoms with Crippen LogP contribution in [0.1, 0.15) is 65.9 Å². The molecule has 1 fully saturated rings. The number of hydrogen-bond donors (Lipinski definition) is 3. The zero-order valence-corrected chi connectivity index (χ0v) is 25.8. The van der Waals surface area contributed by atoms with Gasteiger partial charge in [0.25, 0.3) is 0 Å². The molecule has 43 heavy (non-hydrogen) atoms. The number of aromatic carboxylic acids is 1. The van der Waals surface area contributed by atoms with Gasteiger partial charge >= 0.3 is 5.97 Å². The first-order valence-electron chi connectivity index (χ1n) is 13.9. The minimum Gasteiger partial charge on any atom is -0.494 e. The molecule has 1 saturated heterocycles. The Hall–Kier alpha value is -4.70. The number of amides is 1. The quantitative estimate of drug-likeness (QED) is 0.211. The number of aromatic nitrogens is 2. The van der Waals surface area contributed by atoms with Gasteiger partial charge in [-0.25, -0.2) is 4.79 Å². The number of carboxylic acids is 1. The van der Waals surface area contributed by atoms with Gasteiger partial charge in [0.1, 0.15) is 5.75 Å². The lowest BCUT2D eigenvalue weighted by atomic mass is 9.95. The summed E-state index contributed by atoms with van der Waals surface area (Å²) < 4.78 is 7.77. The first-order valence-corrected chi connectivity index (χ1v) is 14.3. The molecule has 0 bridgehead atoms. The lowest BCUT2D eigenvalue weighted by Gasteiger charge is -2.29. The average Bonchev–Trinajstić information content (AvgIpc) is 3.47. The lowest BCUT2D eigenvalue weighted by Crippen LogP contribution is -2.30. The van der Waals surface area contributed by atoms with Crippen molar-refractivity contribution in [3.05, 3.63) is 101 Å². The van der Waals surface area contributed by atoms with Gasteiger partial charge in [0.15, 0.2) is 5.11 Å². The van der Waals surface area contributed by atoms with Crippen LogP contribution in [-0.2, 0) is 4.79 Å². The van der Waals surface area contributed by atoms with Gasteiger partial charge < -0.3 is 29.9 Å². The standard InChI is InChI=1S/C33H35N5O4S/c1-19-16-24(20(2)37(19)22-11-9-10-21(17-22)30(39)40)29-28(26-12-7-8-15-34-26)36-32(43)38(29)23-13-14-25(27(18-23)42-6)35-31(41)33(3,4)5/h7-18,28-29H,1-6H3,(H,35,41)(H,36,43)(H,39,40)/t28-,29-/m1/s1. The van der Waals surface area contributed by atoms with Crippen LogP contribution in [0.25, 0.3) is 5.69 Å². The fraction of sp³-hybridized carbons (Fsp3) is 0.273. The van der Waals surface area contributed by atoms with Gasteiger partial charge in [0.2, 0.25) is 5.91 Å². The van der Waals surface area contributed by atoms with Crippen molar-refractivity contribution < 1.29 is 19.4 Å². The number of hydrogen-bond acceptors (Lipinski definition) is 5. The van der Waals surface area contributed by atoms with Crippen molar-refractivity contribution in [2.75, 3.05) is 17.3 Å². The Morgan fingerprint density at radius 2 is 1.79 bits per heavy atom. The normalized spacial score (nSPS) is 16.6. The molecule has 2 atom stereocenters. The van der Waals surface area contributed by atoms with Crippen LogP contribution >= 0.6 is 12.2 Å². The molecule has 1 aliphatic rings. The van der Waals surface area contributed by atoms with E-state index in [1.165, 1.54) is 0 Å². The van der Waals surface area contributed by atoms with Crippen LogP contribution < -0.4 is 20.3 Å². The van der Waals surface area contributed by atoms with Crippen LogP contribution in [0.2, 0.25) is 0 Å². The van der Waals surface area contributed by atoms with Crippen LogP contribution in [0.15, 0.2) is 72.9 Å². The van der Waals surface area contributed by atoms with Gasteiger partial charge in [-0.15, -0.1) is 0 Å². The number of methoxy groups -OCH3 is 1. The molecule has 0 aliphatic carbocycles. The Morgan fingerprint density at radius 3 is 2.44 bits per heavy atom. The van der Waals surface area contributed by atoms with E-state index in [4.69, 9.17) is 17.0 Å². The van der Waals surface area contributed by atoms with Crippen molar-refractivity contribution in [2.45, 2.75) is 46.7 Å². The topological polar surface area (TPSA) is 109 Å². The maximum Gasteiger partial charge on any atom is 0.335 e. The van der Waals surface area contributed by atoms with E-state index in [0.717, 1.165) is 34.0 Å². The molecule has 9 nitrogen and oxygen atoms in total. The smallest absolute Gasteiger partial charge is 0.335 e. The van der Waals surface area contributed by atoms with Crippen molar-refractivity contribution in [1.29, 1.82) is 0 Å². The van der Waals surface area contributed by atoms with Crippen LogP contribution in [-0.4, -0.2) is 38.8 Å². The summed E-state index contributed by atoms with van der Waals surface area (Å²) in [6.07, 6.45) is 1.76. The molecule has 1 aliphatic heterocycles. The second-order valence-corrected chi connectivity index (χ2v) is 12.0. The highest BCUT2D eigenvalue weighted by atomic mass is 32.1. The van der Waals surface area contributed by atoms with Gasteiger partial charge in [0, 0.05) is 40.4 Å². The number of nitrogens with zero attached hydrogens (tertiary/aromatic N) is 3. The molecule has 2 aromatic carbocycles. The fourth-order valence-electron chi connectivity index (χ4n) is 5.45. The third kappa shape index (κ3) is 5.70. The largest absolute Gasteiger partial charge is 0.494 e. The Morgan fingerprint density at radius 1 is 1.02 bits per heavy atom. The van der Waals surface area contributed by atoms with E-state index >= 15 is 0 Å². The number of pyridine rings is 1. The average molecular weight is 598 g/mol. The Labute approximate surface area is 256 Å². The molecule has 0 unspecified atom stereocenters. The van der Waals surface area contributed by atoms with Gasteiger partial charge in [-0.05, 0) is 80.2 Å². The van der Waals surface area contributed by atoms with Gasteiger partial charge in [0.05, 0.1) is 36.1 Å². The summed E-state index contributed by atoms with van der Waals surface area (Å²) in [6, 6.07) is 19.8. The van der Waals surface area contributed by atoms with Crippen LogP contribution in [0, 0.1) is 19.3 Å². The number of carbonyl (C=O) groups excluding carboxylic acids is 1. The summed E-state index contributed by atoms with van der Waals surface area (Å²) in [5.74, 6) is -0.592. The van der Waals surface area contributed by atoms with E-state index in [0.29, 0.717) is 16.5 Å². The Kier molecular flexibility index (Phi) is 7.98. The predicted molar refractivity (Wildman–Crippen MR) is 171 cm³/mol. The van der Waals surface area contributed by atoms with Gasteiger partial charge in [-0.2, -0.15) is 0 Å². The van der Waals surface area contributed by atoms with E-state index < -0.39 is 11.4 Å². The molecular weight excluding hydrogens is 562 g/mol. The molecule has 3 N–H and O–H groups in total. The molecule has 1 amide bonds. The molecule has 0 spiro atoms. The molecule has 3 heterocycles. The van der Waals surface area contributed by atoms with Crippen molar-refractivity contribution in [3.63, 3.8) is 0 Å². The number of carbonyl (C=O) groups is 2. The maximum absolute atomic E-state index is 12.7. The highest BCUT2D eigenvalue weighted by Gasteiger charge is 2.42. The number of nitrogens with one attached hydrogen (secondary N) is 2. The summed E-state index contributed by atoms with van der Waals surface area (Å²) in [4.78, 5) is 31.1. The zero-order chi connectivity index (χ0) is 31.1. The number of rotatable bonds is 7. The lowest BCUT2D eigenvalue weighted by molar-refractivity contribution is -0.123. The Bertz CT molecular complexity index is 1710. The van der Waals surface area contributed by atoms with E-state index in [2.05, 4.69) is 26.3 Å². The Balaban J connectivity index is 1.63. The van der Waals surface area contributed by atoms with Crippen LogP contribution in [0.3, 0.4) is 0 Å². The second-order valence-electron chi connectivity index (χ2n) is 11.6. The first kappa shape index (κ1) is 29.8. The second kappa shape index (κ2) is 11.5. The summed E-state index contributed by atoms with van der Waals surface area (Å²) in [5.41, 5.74) is 5.49. The van der Waals surface area contributed by atoms with Gasteiger partial charge in [-0.1, -0.05) is 32.9 Å². The fourth-order valence-corrected chi connectivity index (χ4v) is 5.80. The molecule has 222 valence electrons. The summed E-state index contributed by atoms with van der Waals surface area (Å²) in [5, 5.41) is 16.6. The molecule has 5 rings (SSSR count). The van der Waals surface area contributed by atoms with Crippen LogP contribution in [0.5, 0.6) is 5.75 Å². The monoisotopic (exact) mass is 597 g/mol. The zero-order valence-electron chi connectivity index (χ0n) is 25.0. The first-order chi connectivity index (χ1) is 20.4. The number of ether oxygens (including phenoxy) is 1. The minimum atomic E-state index is -0.979. The number of thiocarbonyl (C=S) groups is 1. The molecular formula is C33H35N5O4S. The molecule has 0 saturated carbocycles. The van der Waals surface area contributed by atoms with Crippen molar-refractivity contribution in [2.24, 2.45) is 5.41 Å². The van der Waals surface area contributed by atoms with E-state index in [1.807, 2.05) is 82.0 Å².